The Labute approximate surface area is 190 Å². The number of fused-ring (bicyclic) bond motifs is 2. The van der Waals surface area contributed by atoms with Crippen LogP contribution in [0.3, 0.4) is 0 Å². The van der Waals surface area contributed by atoms with Gasteiger partial charge < -0.3 is 15.2 Å². The second-order valence-corrected chi connectivity index (χ2v) is 9.68. The third kappa shape index (κ3) is 8.93. The van der Waals surface area contributed by atoms with Gasteiger partial charge in [-0.05, 0) is 50.6 Å². The number of halogens is 1. The summed E-state index contributed by atoms with van der Waals surface area (Å²) in [6.45, 7) is 5.64. The van der Waals surface area contributed by atoms with E-state index < -0.39 is 18.1 Å². The van der Waals surface area contributed by atoms with E-state index in [9.17, 15) is 9.59 Å². The molecule has 0 saturated carbocycles. The molecule has 1 aromatic heterocycles. The predicted octanol–water partition coefficient (Wildman–Crippen LogP) is 4.38. The summed E-state index contributed by atoms with van der Waals surface area (Å²) in [5, 5.41) is 2.89. The number of rotatable bonds is 1. The summed E-state index contributed by atoms with van der Waals surface area (Å²) in [6, 6.07) is -0.640. The average Bonchev–Trinajstić information content (AvgIpc) is 3.07. The third-order valence-electron chi connectivity index (χ3n) is 4.45. The van der Waals surface area contributed by atoms with Crippen molar-refractivity contribution in [2.24, 2.45) is 5.73 Å². The van der Waals surface area contributed by atoms with Gasteiger partial charge >= 0.3 is 11.9 Å². The third-order valence-corrected chi connectivity index (χ3v) is 5.63. The molecule has 0 unspecified atom stereocenters. The van der Waals surface area contributed by atoms with Gasteiger partial charge in [-0.25, -0.2) is 9.78 Å². The van der Waals surface area contributed by atoms with Gasteiger partial charge in [0.15, 0.2) is 0 Å². The summed E-state index contributed by atoms with van der Waals surface area (Å²) in [7, 11) is 0. The van der Waals surface area contributed by atoms with E-state index in [2.05, 4.69) is 20.9 Å². The van der Waals surface area contributed by atoms with E-state index >= 15 is 0 Å². The highest BCUT2D eigenvalue weighted by molar-refractivity contribution is 9.11. The molecule has 6 nitrogen and oxygen atoms in total. The van der Waals surface area contributed by atoms with E-state index in [1.54, 1.807) is 6.08 Å². The largest absolute Gasteiger partial charge is 0.461 e. The molecule has 0 aromatic carbocycles. The topological polar surface area (TPSA) is 91.5 Å². The van der Waals surface area contributed by atoms with Gasteiger partial charge in [0.25, 0.3) is 0 Å². The van der Waals surface area contributed by atoms with Crippen LogP contribution in [0.5, 0.6) is 0 Å². The molecule has 2 heterocycles. The van der Waals surface area contributed by atoms with E-state index in [0.717, 1.165) is 33.6 Å². The van der Waals surface area contributed by atoms with Gasteiger partial charge in [-0.1, -0.05) is 33.7 Å². The minimum Gasteiger partial charge on any atom is -0.461 e. The first-order chi connectivity index (χ1) is 14.2. The Hall–Kier alpha value is -1.77. The molecule has 1 aliphatic rings. The van der Waals surface area contributed by atoms with Crippen molar-refractivity contribution in [3.63, 3.8) is 0 Å². The number of aromatic nitrogens is 1. The first-order valence-electron chi connectivity index (χ1n) is 10.0. The Kier molecular flexibility index (Phi) is 9.94. The number of esters is 2. The monoisotopic (exact) mass is 496 g/mol. The van der Waals surface area contributed by atoms with Gasteiger partial charge in [0, 0.05) is 24.3 Å². The first-order valence-corrected chi connectivity index (χ1v) is 11.7. The van der Waals surface area contributed by atoms with Crippen molar-refractivity contribution in [2.75, 3.05) is 0 Å². The molecule has 0 aliphatic carbocycles. The van der Waals surface area contributed by atoms with Crippen LogP contribution in [-0.4, -0.2) is 35.2 Å². The van der Waals surface area contributed by atoms with Crippen molar-refractivity contribution < 1.29 is 19.1 Å². The van der Waals surface area contributed by atoms with Crippen molar-refractivity contribution in [1.82, 2.24) is 4.98 Å². The van der Waals surface area contributed by atoms with Crippen molar-refractivity contribution in [3.05, 3.63) is 50.4 Å². The van der Waals surface area contributed by atoms with Crippen molar-refractivity contribution in [3.8, 4) is 0 Å². The smallest absolute Gasteiger partial charge is 0.331 e. The zero-order chi connectivity index (χ0) is 22.1. The maximum absolute atomic E-state index is 12.2. The fourth-order valence-electron chi connectivity index (χ4n) is 3.07. The summed E-state index contributed by atoms with van der Waals surface area (Å²) >= 11 is 4.95. The van der Waals surface area contributed by atoms with E-state index in [4.69, 9.17) is 15.2 Å². The second kappa shape index (κ2) is 12.2. The van der Waals surface area contributed by atoms with Gasteiger partial charge in [-0.3, -0.25) is 4.79 Å². The molecule has 2 bridgehead atoms. The molecule has 0 amide bonds. The van der Waals surface area contributed by atoms with E-state index in [1.807, 2.05) is 38.3 Å². The zero-order valence-electron chi connectivity index (χ0n) is 17.6. The van der Waals surface area contributed by atoms with E-state index in [-0.39, 0.29) is 12.1 Å². The first kappa shape index (κ1) is 24.5. The van der Waals surface area contributed by atoms with E-state index in [1.165, 1.54) is 17.4 Å². The summed E-state index contributed by atoms with van der Waals surface area (Å²) in [6.07, 6.45) is 9.10. The molecule has 8 heteroatoms. The number of hydrogen-bond acceptors (Lipinski definition) is 7. The van der Waals surface area contributed by atoms with E-state index in [0.29, 0.717) is 19.3 Å². The molecule has 2 N–H and O–H groups in total. The standard InChI is InChI=1S/C22H29BrN2O4S/c1-14-6-4-9-21(26)29-18(11-15(2)23)12-20-25-17(13-30-20)7-5-8-19(24)22(27)28-16(3)10-14/h4,6,9,11,13,16,18-19H,5,7-8,10,12,24H2,1-3H3/b9-4-,14-6+,15-11+/t16-,18+,19-/m0/s1. The number of thiazole rings is 1. The molecule has 0 spiro atoms. The highest BCUT2D eigenvalue weighted by Gasteiger charge is 2.19. The van der Waals surface area contributed by atoms with Gasteiger partial charge in [0.1, 0.15) is 18.2 Å². The Bertz CT molecular complexity index is 827. The molecule has 30 heavy (non-hydrogen) atoms. The van der Waals surface area contributed by atoms with Gasteiger partial charge in [-0.2, -0.15) is 0 Å². The summed E-state index contributed by atoms with van der Waals surface area (Å²) in [5.74, 6) is -0.805. The highest BCUT2D eigenvalue weighted by Crippen LogP contribution is 2.18. The fraction of sp³-hybridized carbons (Fsp3) is 0.500. The lowest BCUT2D eigenvalue weighted by Crippen LogP contribution is -2.34. The molecule has 164 valence electrons. The number of ether oxygens (including phenoxy) is 2. The number of allylic oxidation sites excluding steroid dienone is 3. The predicted molar refractivity (Wildman–Crippen MR) is 122 cm³/mol. The Morgan fingerprint density at radius 2 is 2.10 bits per heavy atom. The van der Waals surface area contributed by atoms with Crippen molar-refractivity contribution >= 4 is 39.2 Å². The lowest BCUT2D eigenvalue weighted by atomic mass is 10.1. The molecular formula is C22H29BrN2O4S. The Morgan fingerprint density at radius 3 is 2.83 bits per heavy atom. The molecular weight excluding hydrogens is 468 g/mol. The SMILES string of the molecule is C/C(Br)=C\[C@@H]1Cc2nc(cs2)CCC[C@H](N)C(=O)O[C@@H](C)C/C(C)=C/C=C\C(=O)O1. The molecule has 0 saturated heterocycles. The van der Waals surface area contributed by atoms with Crippen LogP contribution in [0.4, 0.5) is 0 Å². The van der Waals surface area contributed by atoms with Crippen LogP contribution in [0, 0.1) is 0 Å². The summed E-state index contributed by atoms with van der Waals surface area (Å²) in [5.41, 5.74) is 7.93. The van der Waals surface area contributed by atoms with Crippen LogP contribution >= 0.6 is 27.3 Å². The summed E-state index contributed by atoms with van der Waals surface area (Å²) < 4.78 is 11.9. The Morgan fingerprint density at radius 1 is 1.33 bits per heavy atom. The summed E-state index contributed by atoms with van der Waals surface area (Å²) in [4.78, 5) is 29.1. The number of hydrogen-bond donors (Lipinski definition) is 1. The number of nitrogens with zero attached hydrogens (tertiary/aromatic N) is 1. The number of carbonyl (C=O) groups excluding carboxylic acids is 2. The molecule has 1 aromatic rings. The van der Waals surface area contributed by atoms with Gasteiger partial charge in [0.2, 0.25) is 0 Å². The number of nitrogens with two attached hydrogens (primary N) is 1. The van der Waals surface area contributed by atoms with Crippen LogP contribution in [-0.2, 0) is 31.9 Å². The maximum atomic E-state index is 12.2. The lowest BCUT2D eigenvalue weighted by molar-refractivity contribution is -0.150. The van der Waals surface area contributed by atoms with Crippen LogP contribution in [0.1, 0.15) is 50.7 Å². The van der Waals surface area contributed by atoms with Gasteiger partial charge in [-0.15, -0.1) is 11.3 Å². The van der Waals surface area contributed by atoms with Crippen LogP contribution in [0.2, 0.25) is 0 Å². The van der Waals surface area contributed by atoms with Gasteiger partial charge in [0.05, 0.1) is 10.7 Å². The van der Waals surface area contributed by atoms with Crippen LogP contribution < -0.4 is 5.73 Å². The second-order valence-electron chi connectivity index (χ2n) is 7.49. The fourth-order valence-corrected chi connectivity index (χ4v) is 4.24. The number of aryl methyl sites for hydroxylation is 1. The zero-order valence-corrected chi connectivity index (χ0v) is 20.0. The molecule has 0 radical (unpaired) electrons. The minimum absolute atomic E-state index is 0.292. The Balaban J connectivity index is 2.20. The number of carbonyl (C=O) groups is 2. The molecule has 0 fully saturated rings. The maximum Gasteiger partial charge on any atom is 0.331 e. The molecule has 1 aliphatic heterocycles. The molecule has 3 atom stereocenters. The van der Waals surface area contributed by atoms with Crippen LogP contribution in [0.25, 0.3) is 0 Å². The minimum atomic E-state index is -0.640. The lowest BCUT2D eigenvalue weighted by Gasteiger charge is -2.17. The quantitative estimate of drug-likeness (QED) is 0.579. The van der Waals surface area contributed by atoms with Crippen LogP contribution in [0.15, 0.2) is 39.7 Å². The molecule has 2 rings (SSSR count). The highest BCUT2D eigenvalue weighted by atomic mass is 79.9. The van der Waals surface area contributed by atoms with Crippen molar-refractivity contribution in [1.29, 1.82) is 0 Å². The normalized spacial score (nSPS) is 28.2. The van der Waals surface area contributed by atoms with Crippen molar-refractivity contribution in [2.45, 2.75) is 71.1 Å². The number of cyclic esters (lactones) is 2. The average molecular weight is 497 g/mol.